The molecule has 18 heavy (non-hydrogen) atoms. The van der Waals surface area contributed by atoms with E-state index in [0.29, 0.717) is 13.2 Å². The zero-order chi connectivity index (χ0) is 13.1. The Bertz CT molecular complexity index is 304. The summed E-state index contributed by atoms with van der Waals surface area (Å²) in [6.45, 7) is 3.10. The van der Waals surface area contributed by atoms with Crippen molar-refractivity contribution in [2.75, 3.05) is 31.1 Å². The first kappa shape index (κ1) is 15.4. The van der Waals surface area contributed by atoms with Gasteiger partial charge in [0.05, 0.1) is 0 Å². The molecule has 0 fully saturated rings. The molecular weight excluding hydrogens is 264 g/mol. The van der Waals surface area contributed by atoms with Crippen LogP contribution in [0.2, 0.25) is 0 Å². The maximum absolute atomic E-state index is 8.58. The number of nitrogens with two attached hydrogens (primary N) is 1. The number of hydrogen-bond acceptors (Lipinski definition) is 5. The van der Waals surface area contributed by atoms with Gasteiger partial charge in [-0.3, -0.25) is 0 Å². The van der Waals surface area contributed by atoms with Crippen LogP contribution >= 0.6 is 0 Å². The molecule has 0 amide bonds. The van der Waals surface area contributed by atoms with E-state index in [-0.39, 0.29) is 0 Å². The van der Waals surface area contributed by atoms with Crippen molar-refractivity contribution in [2.45, 2.75) is 6.42 Å². The lowest BCUT2D eigenvalue weighted by Crippen LogP contribution is -2.31. The Morgan fingerprint density at radius 3 is 2.67 bits per heavy atom. The van der Waals surface area contributed by atoms with Gasteiger partial charge >= 0.3 is 0 Å². The smallest absolute Gasteiger partial charge is 0.295 e. The Hall–Kier alpha value is -0.706. The van der Waals surface area contributed by atoms with Crippen molar-refractivity contribution < 1.29 is 13.3 Å². The summed E-state index contributed by atoms with van der Waals surface area (Å²) in [6.07, 6.45) is 0.943. The minimum absolute atomic E-state index is 0.643. The molecule has 5 nitrogen and oxygen atoms in total. The van der Waals surface area contributed by atoms with Crippen molar-refractivity contribution in [3.05, 3.63) is 30.3 Å². The van der Waals surface area contributed by atoms with Crippen LogP contribution in [0.4, 0.5) is 5.69 Å². The van der Waals surface area contributed by atoms with E-state index in [2.05, 4.69) is 17.0 Å². The molecule has 0 aromatic heterocycles. The summed E-state index contributed by atoms with van der Waals surface area (Å²) >= 11 is 0. The predicted octanol–water partition coefficient (Wildman–Crippen LogP) is -1.14. The summed E-state index contributed by atoms with van der Waals surface area (Å²) in [6, 6.07) is 10.2. The monoisotopic (exact) mass is 286 g/mol. The maximum Gasteiger partial charge on any atom is 0.295 e. The quantitative estimate of drug-likeness (QED) is 0.421. The summed E-state index contributed by atoms with van der Waals surface area (Å²) < 4.78 is 10.3. The third-order valence-corrected chi connectivity index (χ3v) is 4.35. The molecule has 0 saturated heterocycles. The molecule has 1 rings (SSSR count). The number of hydrogen-bond donors (Lipinski definition) is 2. The highest BCUT2D eigenvalue weighted by Crippen LogP contribution is 2.12. The molecule has 1 aromatic carbocycles. The maximum atomic E-state index is 8.58. The standard InChI is InChI=1S/C11H22N2O3Si2/c12-7-9-13(11-5-2-1-3-6-11)8-4-10-15-18-16-17-14/h1-3,5-6,14H,4,7-10,12,17-18H2. The van der Waals surface area contributed by atoms with Gasteiger partial charge in [0.25, 0.3) is 20.0 Å². The van der Waals surface area contributed by atoms with Crippen molar-refractivity contribution in [2.24, 2.45) is 5.73 Å². The van der Waals surface area contributed by atoms with Gasteiger partial charge in [0.2, 0.25) is 0 Å². The van der Waals surface area contributed by atoms with Crippen LogP contribution in [0.1, 0.15) is 6.42 Å². The van der Waals surface area contributed by atoms with E-state index in [4.69, 9.17) is 19.1 Å². The van der Waals surface area contributed by atoms with Gasteiger partial charge in [-0.1, -0.05) is 18.2 Å². The minimum Gasteiger partial charge on any atom is -0.424 e. The molecule has 0 aliphatic heterocycles. The highest BCUT2D eigenvalue weighted by Gasteiger charge is 2.04. The Morgan fingerprint density at radius 2 is 2.00 bits per heavy atom. The second-order valence-corrected chi connectivity index (χ2v) is 6.36. The first-order valence-corrected chi connectivity index (χ1v) is 8.51. The number of nitrogens with zero attached hydrogens (tertiary/aromatic N) is 1. The van der Waals surface area contributed by atoms with Gasteiger partial charge in [0, 0.05) is 31.9 Å². The summed E-state index contributed by atoms with van der Waals surface area (Å²) in [5, 5.41) is 0. The molecule has 0 bridgehead atoms. The molecule has 0 unspecified atom stereocenters. The molecular formula is C11H22N2O3Si2. The highest BCUT2D eigenvalue weighted by atomic mass is 28.3. The van der Waals surface area contributed by atoms with Crippen molar-refractivity contribution in [1.82, 2.24) is 0 Å². The van der Waals surface area contributed by atoms with Crippen molar-refractivity contribution in [3.8, 4) is 0 Å². The normalized spacial score (nSPS) is 11.9. The summed E-state index contributed by atoms with van der Waals surface area (Å²) in [5.74, 6) is 0. The van der Waals surface area contributed by atoms with E-state index in [0.717, 1.165) is 19.5 Å². The average molecular weight is 286 g/mol. The van der Waals surface area contributed by atoms with Gasteiger partial charge < -0.3 is 24.0 Å². The second kappa shape index (κ2) is 10.2. The minimum atomic E-state index is -1.28. The zero-order valence-electron chi connectivity index (χ0n) is 10.6. The van der Waals surface area contributed by atoms with Gasteiger partial charge in [0.15, 0.2) is 0 Å². The molecule has 0 spiro atoms. The molecule has 0 saturated carbocycles. The first-order valence-electron chi connectivity index (χ1n) is 6.15. The first-order chi connectivity index (χ1) is 8.88. The fourth-order valence-corrected chi connectivity index (χ4v) is 2.77. The lowest BCUT2D eigenvalue weighted by molar-refractivity contribution is 0.278. The van der Waals surface area contributed by atoms with Crippen LogP contribution in [0.15, 0.2) is 30.3 Å². The highest BCUT2D eigenvalue weighted by molar-refractivity contribution is 6.33. The zero-order valence-corrected chi connectivity index (χ0v) is 13.5. The SMILES string of the molecule is NCCN(CCCO[SiH2]O[SiH2]O)c1ccccc1. The van der Waals surface area contributed by atoms with E-state index >= 15 is 0 Å². The molecule has 1 aromatic rings. The van der Waals surface area contributed by atoms with E-state index in [1.807, 2.05) is 18.2 Å². The van der Waals surface area contributed by atoms with Crippen LogP contribution in [0.3, 0.4) is 0 Å². The van der Waals surface area contributed by atoms with Crippen molar-refractivity contribution >= 4 is 25.7 Å². The third kappa shape index (κ3) is 6.29. The Balaban J connectivity index is 2.26. The van der Waals surface area contributed by atoms with Gasteiger partial charge in [-0.05, 0) is 18.6 Å². The van der Waals surface area contributed by atoms with Crippen LogP contribution < -0.4 is 10.6 Å². The van der Waals surface area contributed by atoms with E-state index < -0.39 is 20.0 Å². The fourth-order valence-electron chi connectivity index (χ4n) is 1.68. The molecule has 0 aliphatic rings. The van der Waals surface area contributed by atoms with Gasteiger partial charge in [-0.25, -0.2) is 0 Å². The van der Waals surface area contributed by atoms with Gasteiger partial charge in [-0.2, -0.15) is 0 Å². The summed E-state index contributed by atoms with van der Waals surface area (Å²) in [4.78, 5) is 10.8. The van der Waals surface area contributed by atoms with Crippen molar-refractivity contribution in [3.63, 3.8) is 0 Å². The molecule has 0 aliphatic carbocycles. The second-order valence-electron chi connectivity index (χ2n) is 3.82. The van der Waals surface area contributed by atoms with Crippen LogP contribution in [0.5, 0.6) is 0 Å². The molecule has 0 radical (unpaired) electrons. The Morgan fingerprint density at radius 1 is 1.22 bits per heavy atom. The average Bonchev–Trinajstić information content (AvgIpc) is 2.42. The number of rotatable bonds is 10. The Labute approximate surface area is 113 Å². The predicted molar refractivity (Wildman–Crippen MR) is 78.7 cm³/mol. The van der Waals surface area contributed by atoms with Crippen molar-refractivity contribution in [1.29, 1.82) is 0 Å². The number of para-hydroxylation sites is 1. The van der Waals surface area contributed by atoms with E-state index in [1.165, 1.54) is 5.69 Å². The molecule has 0 heterocycles. The molecule has 102 valence electrons. The van der Waals surface area contributed by atoms with Gasteiger partial charge in [0.1, 0.15) is 0 Å². The molecule has 0 atom stereocenters. The van der Waals surface area contributed by atoms with E-state index in [1.54, 1.807) is 0 Å². The van der Waals surface area contributed by atoms with Crippen LogP contribution in [-0.4, -0.2) is 51.1 Å². The van der Waals surface area contributed by atoms with Crippen LogP contribution in [0, 0.1) is 0 Å². The summed E-state index contributed by atoms with van der Waals surface area (Å²) in [5.41, 5.74) is 6.82. The topological polar surface area (TPSA) is 68.0 Å². The van der Waals surface area contributed by atoms with E-state index in [9.17, 15) is 0 Å². The lowest BCUT2D eigenvalue weighted by atomic mass is 10.2. The molecule has 3 N–H and O–H groups in total. The lowest BCUT2D eigenvalue weighted by Gasteiger charge is -2.24. The van der Waals surface area contributed by atoms with Gasteiger partial charge in [-0.15, -0.1) is 0 Å². The van der Waals surface area contributed by atoms with Crippen LogP contribution in [0.25, 0.3) is 0 Å². The number of anilines is 1. The van der Waals surface area contributed by atoms with Crippen LogP contribution in [-0.2, 0) is 8.54 Å². The largest absolute Gasteiger partial charge is 0.424 e. The molecule has 7 heteroatoms. The fraction of sp³-hybridized carbons (Fsp3) is 0.455. The summed E-state index contributed by atoms with van der Waals surface area (Å²) in [7, 11) is -2.22. The third-order valence-electron chi connectivity index (χ3n) is 2.50. The Kier molecular flexibility index (Phi) is 8.73. The number of benzene rings is 1.